The van der Waals surface area contributed by atoms with Crippen molar-refractivity contribution in [3.63, 3.8) is 0 Å². The Bertz CT molecular complexity index is 642. The van der Waals surface area contributed by atoms with E-state index in [0.29, 0.717) is 12.1 Å². The number of benzene rings is 2. The summed E-state index contributed by atoms with van der Waals surface area (Å²) in [5, 5.41) is 14.9. The summed E-state index contributed by atoms with van der Waals surface area (Å²) in [5.41, 5.74) is 8.26. The summed E-state index contributed by atoms with van der Waals surface area (Å²) in [4.78, 5) is 0. The van der Waals surface area contributed by atoms with Crippen LogP contribution < -0.4 is 15.8 Å². The van der Waals surface area contributed by atoms with Gasteiger partial charge in [-0.2, -0.15) is 0 Å². The lowest BCUT2D eigenvalue weighted by Crippen LogP contribution is -2.13. The van der Waals surface area contributed by atoms with Crippen molar-refractivity contribution in [2.75, 3.05) is 12.4 Å². The molecule has 0 unspecified atom stereocenters. The van der Waals surface area contributed by atoms with E-state index in [9.17, 15) is 0 Å². The first-order chi connectivity index (χ1) is 10.1. The van der Waals surface area contributed by atoms with Gasteiger partial charge in [-0.3, -0.25) is 0 Å². The number of oxime groups is 1. The molecule has 21 heavy (non-hydrogen) atoms. The summed E-state index contributed by atoms with van der Waals surface area (Å²) < 4.78 is 6.17. The van der Waals surface area contributed by atoms with Gasteiger partial charge in [-0.25, -0.2) is 0 Å². The van der Waals surface area contributed by atoms with Crippen molar-refractivity contribution in [2.24, 2.45) is 10.9 Å². The van der Waals surface area contributed by atoms with E-state index in [-0.39, 0.29) is 5.84 Å². The lowest BCUT2D eigenvalue weighted by atomic mass is 10.1. The maximum atomic E-state index is 8.62. The zero-order chi connectivity index (χ0) is 15.2. The largest absolute Gasteiger partial charge is 0.497 e. The molecule has 0 aliphatic carbocycles. The Balaban J connectivity index is 2.04. The third-order valence-electron chi connectivity index (χ3n) is 2.96. The van der Waals surface area contributed by atoms with Crippen LogP contribution in [0.1, 0.15) is 11.1 Å². The molecule has 4 N–H and O–H groups in total. The van der Waals surface area contributed by atoms with Crippen LogP contribution in [-0.4, -0.2) is 18.2 Å². The summed E-state index contributed by atoms with van der Waals surface area (Å²) in [7, 11) is 1.64. The van der Waals surface area contributed by atoms with Crippen LogP contribution in [0.3, 0.4) is 0 Å². The van der Waals surface area contributed by atoms with Crippen LogP contribution in [0.25, 0.3) is 0 Å². The molecule has 6 heteroatoms. The molecule has 0 fully saturated rings. The molecule has 0 radical (unpaired) electrons. The number of hydrogen-bond acceptors (Lipinski definition) is 4. The monoisotopic (exact) mass is 349 g/mol. The Hall–Kier alpha value is -2.21. The zero-order valence-electron chi connectivity index (χ0n) is 11.5. The van der Waals surface area contributed by atoms with Gasteiger partial charge in [-0.1, -0.05) is 45.4 Å². The van der Waals surface area contributed by atoms with Gasteiger partial charge in [0, 0.05) is 28.3 Å². The highest BCUT2D eigenvalue weighted by Crippen LogP contribution is 2.24. The molecule has 2 aromatic carbocycles. The van der Waals surface area contributed by atoms with Gasteiger partial charge >= 0.3 is 0 Å². The van der Waals surface area contributed by atoms with E-state index in [2.05, 4.69) is 26.4 Å². The zero-order valence-corrected chi connectivity index (χ0v) is 13.1. The number of nitrogens with zero attached hydrogens (tertiary/aromatic N) is 1. The van der Waals surface area contributed by atoms with Gasteiger partial charge in [0.15, 0.2) is 5.84 Å². The molecular weight excluding hydrogens is 334 g/mol. The highest BCUT2D eigenvalue weighted by atomic mass is 79.9. The summed E-state index contributed by atoms with van der Waals surface area (Å²) in [6, 6.07) is 13.3. The summed E-state index contributed by atoms with van der Waals surface area (Å²) in [5.74, 6) is 0.889. The molecule has 2 rings (SSSR count). The standard InChI is InChI=1S/C15H16BrN3O2/c1-21-14-7-12(16)6-13(8-14)18-9-10-2-4-11(5-3-10)15(17)19-20/h2-8,18,20H,9H2,1H3,(H2,17,19). The predicted molar refractivity (Wildman–Crippen MR) is 87.0 cm³/mol. The first-order valence-corrected chi connectivity index (χ1v) is 7.07. The van der Waals surface area contributed by atoms with Crippen molar-refractivity contribution in [3.8, 4) is 5.75 Å². The van der Waals surface area contributed by atoms with Crippen LogP contribution in [0, 0.1) is 0 Å². The fourth-order valence-electron chi connectivity index (χ4n) is 1.84. The molecule has 0 bridgehead atoms. The molecule has 0 heterocycles. The Morgan fingerprint density at radius 3 is 2.62 bits per heavy atom. The van der Waals surface area contributed by atoms with Gasteiger partial charge in [-0.05, 0) is 17.7 Å². The van der Waals surface area contributed by atoms with E-state index in [1.807, 2.05) is 42.5 Å². The molecule has 0 aliphatic heterocycles. The van der Waals surface area contributed by atoms with Gasteiger partial charge in [0.05, 0.1) is 7.11 Å². The molecule has 0 aromatic heterocycles. The number of ether oxygens (including phenoxy) is 1. The number of hydrogen-bond donors (Lipinski definition) is 3. The van der Waals surface area contributed by atoms with Gasteiger partial charge in [0.25, 0.3) is 0 Å². The van der Waals surface area contributed by atoms with Crippen LogP contribution in [0.4, 0.5) is 5.69 Å². The maximum Gasteiger partial charge on any atom is 0.170 e. The Labute approximate surface area is 131 Å². The molecule has 0 saturated carbocycles. The van der Waals surface area contributed by atoms with E-state index in [4.69, 9.17) is 15.7 Å². The van der Waals surface area contributed by atoms with Crippen molar-refractivity contribution in [1.29, 1.82) is 0 Å². The smallest absolute Gasteiger partial charge is 0.170 e. The fraction of sp³-hybridized carbons (Fsp3) is 0.133. The number of methoxy groups -OCH3 is 1. The summed E-state index contributed by atoms with van der Waals surface area (Å²) in [6.45, 7) is 0.663. The normalized spacial score (nSPS) is 11.2. The van der Waals surface area contributed by atoms with Crippen molar-refractivity contribution < 1.29 is 9.94 Å². The maximum absolute atomic E-state index is 8.62. The van der Waals surface area contributed by atoms with Crippen LogP contribution in [0.2, 0.25) is 0 Å². The lowest BCUT2D eigenvalue weighted by Gasteiger charge is -2.09. The molecule has 5 nitrogen and oxygen atoms in total. The number of rotatable bonds is 5. The number of nitrogens with one attached hydrogen (secondary N) is 1. The van der Waals surface area contributed by atoms with Crippen LogP contribution >= 0.6 is 15.9 Å². The Morgan fingerprint density at radius 2 is 2.00 bits per heavy atom. The SMILES string of the molecule is COc1cc(Br)cc(NCc2ccc(/C(N)=N/O)cc2)c1. The predicted octanol–water partition coefficient (Wildman–Crippen LogP) is 3.16. The fourth-order valence-corrected chi connectivity index (χ4v) is 2.31. The molecule has 0 saturated heterocycles. The number of anilines is 1. The third-order valence-corrected chi connectivity index (χ3v) is 3.42. The highest BCUT2D eigenvalue weighted by Gasteiger charge is 2.01. The highest BCUT2D eigenvalue weighted by molar-refractivity contribution is 9.10. The van der Waals surface area contributed by atoms with Gasteiger partial charge < -0.3 is 21.0 Å². The van der Waals surface area contributed by atoms with Crippen molar-refractivity contribution in [2.45, 2.75) is 6.54 Å². The molecular formula is C15H16BrN3O2. The van der Waals surface area contributed by atoms with Crippen molar-refractivity contribution in [1.82, 2.24) is 0 Å². The minimum Gasteiger partial charge on any atom is -0.497 e. The second kappa shape index (κ2) is 6.99. The van der Waals surface area contributed by atoms with E-state index < -0.39 is 0 Å². The molecule has 110 valence electrons. The average Bonchev–Trinajstić information content (AvgIpc) is 2.52. The van der Waals surface area contributed by atoms with Crippen LogP contribution in [0.15, 0.2) is 52.1 Å². The van der Waals surface area contributed by atoms with E-state index in [0.717, 1.165) is 21.5 Å². The van der Waals surface area contributed by atoms with Crippen LogP contribution in [-0.2, 0) is 6.54 Å². The second-order valence-electron chi connectivity index (χ2n) is 4.42. The minimum atomic E-state index is 0.103. The van der Waals surface area contributed by atoms with E-state index in [1.54, 1.807) is 7.11 Å². The molecule has 0 amide bonds. The van der Waals surface area contributed by atoms with E-state index in [1.165, 1.54) is 0 Å². The van der Waals surface area contributed by atoms with Crippen LogP contribution in [0.5, 0.6) is 5.75 Å². The lowest BCUT2D eigenvalue weighted by molar-refractivity contribution is 0.318. The molecule has 0 atom stereocenters. The summed E-state index contributed by atoms with van der Waals surface area (Å²) in [6.07, 6.45) is 0. The van der Waals surface area contributed by atoms with E-state index >= 15 is 0 Å². The molecule has 2 aromatic rings. The minimum absolute atomic E-state index is 0.103. The number of amidine groups is 1. The average molecular weight is 350 g/mol. The quantitative estimate of drug-likeness (QED) is 0.335. The second-order valence-corrected chi connectivity index (χ2v) is 5.33. The third kappa shape index (κ3) is 4.13. The number of halogens is 1. The first kappa shape index (κ1) is 15.2. The van der Waals surface area contributed by atoms with Crippen molar-refractivity contribution in [3.05, 3.63) is 58.1 Å². The van der Waals surface area contributed by atoms with Crippen molar-refractivity contribution >= 4 is 27.5 Å². The van der Waals surface area contributed by atoms with Gasteiger partial charge in [0.2, 0.25) is 0 Å². The Kier molecular flexibility index (Phi) is 5.05. The molecule has 0 aliphatic rings. The Morgan fingerprint density at radius 1 is 1.29 bits per heavy atom. The van der Waals surface area contributed by atoms with Gasteiger partial charge in [-0.15, -0.1) is 0 Å². The number of nitrogens with two attached hydrogens (primary N) is 1. The van der Waals surface area contributed by atoms with Gasteiger partial charge in [0.1, 0.15) is 5.75 Å². The first-order valence-electron chi connectivity index (χ1n) is 6.27. The summed E-state index contributed by atoms with van der Waals surface area (Å²) >= 11 is 3.44. The topological polar surface area (TPSA) is 79.9 Å². The molecule has 0 spiro atoms.